The molecule has 10 heteroatoms. The maximum absolute atomic E-state index is 11.4. The highest BCUT2D eigenvalue weighted by molar-refractivity contribution is 9.13. The van der Waals surface area contributed by atoms with Gasteiger partial charge >= 0.3 is 5.69 Å². The first-order chi connectivity index (χ1) is 12.0. The number of ether oxygens (including phenoxy) is 2. The summed E-state index contributed by atoms with van der Waals surface area (Å²) in [5, 5.41) is 11.4. The van der Waals surface area contributed by atoms with Crippen LogP contribution in [0.5, 0.6) is 0 Å². The summed E-state index contributed by atoms with van der Waals surface area (Å²) in [5.74, 6) is 0. The Kier molecular flexibility index (Phi) is 6.48. The maximum atomic E-state index is 11.4. The standard InChI is InChI=1S/C15H16Br3N3O4/c16-9-8-10-13(14(12(9)17)21(22)23)19-15(18)20(10)5-3-7-25-11-4-1-2-6-24-11/h8,11H,1-7H2. The molecule has 1 aromatic heterocycles. The van der Waals surface area contributed by atoms with Crippen molar-refractivity contribution in [2.45, 2.75) is 38.5 Å². The molecule has 1 fully saturated rings. The lowest BCUT2D eigenvalue weighted by Crippen LogP contribution is -2.23. The van der Waals surface area contributed by atoms with Gasteiger partial charge in [-0.2, -0.15) is 0 Å². The molecule has 136 valence electrons. The zero-order valence-corrected chi connectivity index (χ0v) is 18.0. The Morgan fingerprint density at radius 1 is 1.40 bits per heavy atom. The molecule has 3 rings (SSSR count). The van der Waals surface area contributed by atoms with Crippen molar-refractivity contribution in [3.8, 4) is 0 Å². The largest absolute Gasteiger partial charge is 0.353 e. The summed E-state index contributed by atoms with van der Waals surface area (Å²) >= 11 is 10.0. The SMILES string of the molecule is O=[N+]([O-])c1c(Br)c(Br)cc2c1nc(Br)n2CCCOC1CCCCO1. The van der Waals surface area contributed by atoms with E-state index in [0.29, 0.717) is 37.9 Å². The normalized spacial score (nSPS) is 18.0. The molecule has 0 radical (unpaired) electrons. The number of hydrogen-bond donors (Lipinski definition) is 0. The smallest absolute Gasteiger partial charge is 0.312 e. The fourth-order valence-electron chi connectivity index (χ4n) is 2.82. The summed E-state index contributed by atoms with van der Waals surface area (Å²) < 4.78 is 14.8. The van der Waals surface area contributed by atoms with Gasteiger partial charge in [0.2, 0.25) is 0 Å². The number of imidazole rings is 1. The second-order valence-electron chi connectivity index (χ2n) is 5.70. The van der Waals surface area contributed by atoms with Crippen LogP contribution in [0.1, 0.15) is 25.7 Å². The van der Waals surface area contributed by atoms with Crippen LogP contribution in [-0.2, 0) is 16.0 Å². The zero-order valence-electron chi connectivity index (χ0n) is 13.2. The lowest BCUT2D eigenvalue weighted by molar-refractivity contribution is -0.384. The summed E-state index contributed by atoms with van der Waals surface area (Å²) in [6, 6.07) is 1.83. The quantitative estimate of drug-likeness (QED) is 0.286. The Balaban J connectivity index is 1.75. The predicted octanol–water partition coefficient (Wildman–Crippen LogP) is 5.17. The molecule has 0 aliphatic carbocycles. The first-order valence-corrected chi connectivity index (χ1v) is 10.3. The topological polar surface area (TPSA) is 79.4 Å². The average Bonchev–Trinajstić information content (AvgIpc) is 2.88. The average molecular weight is 542 g/mol. The van der Waals surface area contributed by atoms with Gasteiger partial charge in [-0.3, -0.25) is 10.1 Å². The molecule has 2 aromatic rings. The van der Waals surface area contributed by atoms with Gasteiger partial charge in [-0.15, -0.1) is 0 Å². The fourth-order valence-corrected chi connectivity index (χ4v) is 4.21. The monoisotopic (exact) mass is 539 g/mol. The van der Waals surface area contributed by atoms with Crippen molar-refractivity contribution in [2.75, 3.05) is 13.2 Å². The number of rotatable bonds is 6. The number of nitrogens with zero attached hydrogens (tertiary/aromatic N) is 3. The van der Waals surface area contributed by atoms with E-state index in [2.05, 4.69) is 52.8 Å². The molecule has 0 spiro atoms. The third kappa shape index (κ3) is 4.24. The molecule has 1 unspecified atom stereocenters. The van der Waals surface area contributed by atoms with Gasteiger partial charge in [0, 0.05) is 17.6 Å². The first kappa shape index (κ1) is 19.2. The highest BCUT2D eigenvalue weighted by atomic mass is 79.9. The number of hydrogen-bond acceptors (Lipinski definition) is 5. The van der Waals surface area contributed by atoms with Gasteiger partial charge in [0.15, 0.2) is 16.5 Å². The highest BCUT2D eigenvalue weighted by Gasteiger charge is 2.25. The van der Waals surface area contributed by atoms with Gasteiger partial charge in [-0.1, -0.05) is 0 Å². The van der Waals surface area contributed by atoms with Crippen LogP contribution in [0.2, 0.25) is 0 Å². The van der Waals surface area contributed by atoms with Crippen LogP contribution in [0.15, 0.2) is 19.7 Å². The molecule has 1 aliphatic rings. The number of nitro groups is 1. The van der Waals surface area contributed by atoms with E-state index in [1.165, 1.54) is 0 Å². The molecular formula is C15H16Br3N3O4. The molecule has 7 nitrogen and oxygen atoms in total. The van der Waals surface area contributed by atoms with Crippen molar-refractivity contribution in [2.24, 2.45) is 0 Å². The summed E-state index contributed by atoms with van der Waals surface area (Å²) in [4.78, 5) is 15.3. The van der Waals surface area contributed by atoms with Crippen LogP contribution >= 0.6 is 47.8 Å². The van der Waals surface area contributed by atoms with Crippen LogP contribution in [-0.4, -0.2) is 34.0 Å². The second kappa shape index (κ2) is 8.43. The number of fused-ring (bicyclic) bond motifs is 1. The molecular weight excluding hydrogens is 526 g/mol. The fraction of sp³-hybridized carbons (Fsp3) is 0.533. The third-order valence-corrected chi connectivity index (χ3v) is 6.58. The first-order valence-electron chi connectivity index (χ1n) is 7.90. The highest BCUT2D eigenvalue weighted by Crippen LogP contribution is 2.39. The van der Waals surface area contributed by atoms with E-state index in [0.717, 1.165) is 32.3 Å². The molecule has 25 heavy (non-hydrogen) atoms. The Bertz CT molecular complexity index is 790. The molecule has 1 saturated heterocycles. The van der Waals surface area contributed by atoms with E-state index in [4.69, 9.17) is 9.47 Å². The third-order valence-electron chi connectivity index (χ3n) is 4.02. The summed E-state index contributed by atoms with van der Waals surface area (Å²) in [6.07, 6.45) is 3.81. The molecule has 0 bridgehead atoms. The van der Waals surface area contributed by atoms with Gasteiger partial charge in [0.05, 0.1) is 17.0 Å². The molecule has 0 amide bonds. The molecule has 2 heterocycles. The summed E-state index contributed by atoms with van der Waals surface area (Å²) in [6.45, 7) is 1.96. The Labute approximate surface area is 169 Å². The summed E-state index contributed by atoms with van der Waals surface area (Å²) in [7, 11) is 0. The van der Waals surface area contributed by atoms with Crippen LogP contribution in [0.3, 0.4) is 0 Å². The molecule has 1 atom stereocenters. The molecule has 1 aliphatic heterocycles. The van der Waals surface area contributed by atoms with Gasteiger partial charge in [-0.25, -0.2) is 4.98 Å². The van der Waals surface area contributed by atoms with Crippen molar-refractivity contribution in [1.29, 1.82) is 0 Å². The van der Waals surface area contributed by atoms with Crippen LogP contribution in [0.25, 0.3) is 11.0 Å². The van der Waals surface area contributed by atoms with E-state index >= 15 is 0 Å². The van der Waals surface area contributed by atoms with Crippen molar-refractivity contribution in [1.82, 2.24) is 9.55 Å². The number of benzene rings is 1. The van der Waals surface area contributed by atoms with Crippen molar-refractivity contribution < 1.29 is 14.4 Å². The number of halogens is 3. The minimum atomic E-state index is -0.426. The van der Waals surface area contributed by atoms with E-state index in [1.54, 1.807) is 0 Å². The van der Waals surface area contributed by atoms with E-state index < -0.39 is 4.92 Å². The van der Waals surface area contributed by atoms with Gasteiger partial charge < -0.3 is 14.0 Å². The Morgan fingerprint density at radius 2 is 2.20 bits per heavy atom. The van der Waals surface area contributed by atoms with Gasteiger partial charge in [-0.05, 0) is 79.5 Å². The second-order valence-corrected chi connectivity index (χ2v) is 8.06. The number of nitro benzene ring substituents is 1. The molecule has 0 saturated carbocycles. The maximum Gasteiger partial charge on any atom is 0.312 e. The minimum Gasteiger partial charge on any atom is -0.353 e. The summed E-state index contributed by atoms with van der Waals surface area (Å²) in [5.41, 5.74) is 1.00. The lowest BCUT2D eigenvalue weighted by atomic mass is 10.2. The lowest BCUT2D eigenvalue weighted by Gasteiger charge is -2.22. The van der Waals surface area contributed by atoms with Crippen molar-refractivity contribution >= 4 is 64.5 Å². The minimum absolute atomic E-state index is 0.0457. The van der Waals surface area contributed by atoms with Crippen molar-refractivity contribution in [3.05, 3.63) is 29.9 Å². The van der Waals surface area contributed by atoms with E-state index in [-0.39, 0.29) is 12.0 Å². The molecule has 0 N–H and O–H groups in total. The van der Waals surface area contributed by atoms with Gasteiger partial charge in [0.25, 0.3) is 0 Å². The van der Waals surface area contributed by atoms with Crippen LogP contribution < -0.4 is 0 Å². The zero-order chi connectivity index (χ0) is 18.0. The van der Waals surface area contributed by atoms with Gasteiger partial charge in [0.1, 0.15) is 4.47 Å². The van der Waals surface area contributed by atoms with E-state index in [9.17, 15) is 10.1 Å². The Hall–Kier alpha value is -0.550. The van der Waals surface area contributed by atoms with Crippen LogP contribution in [0, 0.1) is 10.1 Å². The predicted molar refractivity (Wildman–Crippen MR) is 104 cm³/mol. The number of aryl methyl sites for hydroxylation is 1. The number of aromatic nitrogens is 2. The molecule has 1 aromatic carbocycles. The van der Waals surface area contributed by atoms with E-state index in [1.807, 2.05) is 10.6 Å². The van der Waals surface area contributed by atoms with Crippen molar-refractivity contribution in [3.63, 3.8) is 0 Å². The Morgan fingerprint density at radius 3 is 2.88 bits per heavy atom. The van der Waals surface area contributed by atoms with Crippen LogP contribution in [0.4, 0.5) is 5.69 Å².